The third-order valence-corrected chi connectivity index (χ3v) is 1.47. The molecule has 0 aromatic carbocycles. The van der Waals surface area contributed by atoms with Crippen molar-refractivity contribution in [2.45, 2.75) is 38.7 Å². The maximum absolute atomic E-state index is 12.0. The van der Waals surface area contributed by atoms with Gasteiger partial charge in [0.1, 0.15) is 0 Å². The second-order valence-electron chi connectivity index (χ2n) is 3.74. The van der Waals surface area contributed by atoms with E-state index in [9.17, 15) is 18.0 Å². The molecule has 0 rings (SSSR count). The van der Waals surface area contributed by atoms with Crippen LogP contribution < -0.4 is 0 Å². The Bertz CT molecular complexity index is 221. The third kappa shape index (κ3) is 3.06. The van der Waals surface area contributed by atoms with E-state index in [1.165, 1.54) is 20.8 Å². The molecule has 2 N–H and O–H groups in total. The zero-order chi connectivity index (χ0) is 11.7. The van der Waals surface area contributed by atoms with Crippen molar-refractivity contribution < 1.29 is 28.2 Å². The van der Waals surface area contributed by atoms with Gasteiger partial charge in [-0.15, -0.1) is 0 Å². The summed E-state index contributed by atoms with van der Waals surface area (Å²) >= 11 is 0. The fourth-order valence-corrected chi connectivity index (χ4v) is 0.905. The summed E-state index contributed by atoms with van der Waals surface area (Å²) in [7, 11) is 0. The van der Waals surface area contributed by atoms with Gasteiger partial charge in [0, 0.05) is 5.54 Å². The van der Waals surface area contributed by atoms with Crippen LogP contribution in [0.3, 0.4) is 0 Å². The highest BCUT2D eigenvalue weighted by Gasteiger charge is 2.48. The van der Waals surface area contributed by atoms with Gasteiger partial charge in [-0.3, -0.25) is 4.90 Å². The molecule has 1 amide bonds. The van der Waals surface area contributed by atoms with Crippen molar-refractivity contribution in [3.8, 4) is 0 Å². The van der Waals surface area contributed by atoms with E-state index in [0.717, 1.165) is 0 Å². The number of halogens is 3. The Morgan fingerprint density at radius 3 is 1.71 bits per heavy atom. The van der Waals surface area contributed by atoms with E-state index in [1.54, 1.807) is 0 Å². The molecule has 0 bridgehead atoms. The molecule has 0 radical (unpaired) electrons. The maximum Gasteiger partial charge on any atom is 0.433 e. The summed E-state index contributed by atoms with van der Waals surface area (Å²) in [6, 6.07) is 0. The normalized spacial score (nSPS) is 15.1. The molecule has 0 heterocycles. The second-order valence-corrected chi connectivity index (χ2v) is 3.74. The molecule has 0 aromatic heterocycles. The Morgan fingerprint density at radius 1 is 1.29 bits per heavy atom. The van der Waals surface area contributed by atoms with Gasteiger partial charge < -0.3 is 10.2 Å². The topological polar surface area (TPSA) is 60.8 Å². The molecule has 0 aliphatic rings. The van der Waals surface area contributed by atoms with E-state index < -0.39 is 24.0 Å². The highest BCUT2D eigenvalue weighted by Crippen LogP contribution is 2.28. The second kappa shape index (κ2) is 3.64. The average Bonchev–Trinajstić information content (AvgIpc) is 1.79. The molecular formula is C7H12F3NO3. The number of aliphatic hydroxyl groups excluding tert-OH is 1. The van der Waals surface area contributed by atoms with Crippen molar-refractivity contribution in [2.24, 2.45) is 0 Å². The lowest BCUT2D eigenvalue weighted by atomic mass is 10.1. The van der Waals surface area contributed by atoms with Gasteiger partial charge >= 0.3 is 12.3 Å². The molecular weight excluding hydrogens is 203 g/mol. The first-order chi connectivity index (χ1) is 5.98. The highest BCUT2D eigenvalue weighted by molar-refractivity contribution is 5.66. The van der Waals surface area contributed by atoms with Crippen molar-refractivity contribution in [1.29, 1.82) is 0 Å². The maximum atomic E-state index is 12.0. The van der Waals surface area contributed by atoms with Crippen molar-refractivity contribution in [1.82, 2.24) is 4.90 Å². The van der Waals surface area contributed by atoms with Crippen LogP contribution in [0.1, 0.15) is 20.8 Å². The first-order valence-electron chi connectivity index (χ1n) is 3.75. The van der Waals surface area contributed by atoms with Gasteiger partial charge in [-0.25, -0.2) is 4.79 Å². The Morgan fingerprint density at radius 2 is 1.64 bits per heavy atom. The number of hydrogen-bond donors (Lipinski definition) is 2. The van der Waals surface area contributed by atoms with Crippen molar-refractivity contribution in [2.75, 3.05) is 0 Å². The summed E-state index contributed by atoms with van der Waals surface area (Å²) in [5.41, 5.74) is -1.32. The molecule has 4 nitrogen and oxygen atoms in total. The van der Waals surface area contributed by atoms with E-state index in [4.69, 9.17) is 10.2 Å². The van der Waals surface area contributed by atoms with E-state index in [1.807, 2.05) is 0 Å². The molecule has 84 valence electrons. The summed E-state index contributed by atoms with van der Waals surface area (Å²) in [4.78, 5) is 10.5. The van der Waals surface area contributed by atoms with Crippen LogP contribution in [0.4, 0.5) is 18.0 Å². The molecule has 1 unspecified atom stereocenters. The number of aliphatic hydroxyl groups is 1. The molecule has 14 heavy (non-hydrogen) atoms. The molecule has 0 saturated heterocycles. The SMILES string of the molecule is CC(C)(C)N(C(=O)O)C(O)C(F)(F)F. The number of carbonyl (C=O) groups is 1. The highest BCUT2D eigenvalue weighted by atomic mass is 19.4. The Labute approximate surface area is 78.9 Å². The Hall–Kier alpha value is -0.980. The summed E-state index contributed by atoms with van der Waals surface area (Å²) in [6.45, 7) is 3.78. The van der Waals surface area contributed by atoms with Gasteiger partial charge in [-0.1, -0.05) is 0 Å². The van der Waals surface area contributed by atoms with E-state index >= 15 is 0 Å². The smallest absolute Gasteiger partial charge is 0.433 e. The van der Waals surface area contributed by atoms with Crippen molar-refractivity contribution >= 4 is 6.09 Å². The Kier molecular flexibility index (Phi) is 3.39. The van der Waals surface area contributed by atoms with Crippen molar-refractivity contribution in [3.63, 3.8) is 0 Å². The lowest BCUT2D eigenvalue weighted by Gasteiger charge is -2.37. The van der Waals surface area contributed by atoms with E-state index in [2.05, 4.69) is 0 Å². The van der Waals surface area contributed by atoms with Crippen LogP contribution >= 0.6 is 0 Å². The number of nitrogens with zero attached hydrogens (tertiary/aromatic N) is 1. The van der Waals surface area contributed by atoms with Crippen LogP contribution in [0.15, 0.2) is 0 Å². The molecule has 0 aromatic rings. The fourth-order valence-electron chi connectivity index (χ4n) is 0.905. The molecule has 1 atom stereocenters. The number of carboxylic acid groups (broad SMARTS) is 1. The molecule has 0 fully saturated rings. The van der Waals surface area contributed by atoms with Crippen LogP contribution in [-0.4, -0.2) is 39.1 Å². The fraction of sp³-hybridized carbons (Fsp3) is 0.857. The standard InChI is InChI=1S/C7H12F3NO3/c1-6(2,3)11(5(13)14)4(12)7(8,9)10/h4,12H,1-3H3,(H,13,14). The van der Waals surface area contributed by atoms with Crippen molar-refractivity contribution in [3.05, 3.63) is 0 Å². The predicted molar refractivity (Wildman–Crippen MR) is 41.7 cm³/mol. The number of amides is 1. The quantitative estimate of drug-likeness (QED) is 0.654. The number of rotatable bonds is 1. The van der Waals surface area contributed by atoms with Crippen LogP contribution in [0.2, 0.25) is 0 Å². The van der Waals surface area contributed by atoms with Crippen LogP contribution in [-0.2, 0) is 0 Å². The third-order valence-electron chi connectivity index (χ3n) is 1.47. The Balaban J connectivity index is 4.96. The van der Waals surface area contributed by atoms with Gasteiger partial charge in [0.05, 0.1) is 0 Å². The largest absolute Gasteiger partial charge is 0.465 e. The van der Waals surface area contributed by atoms with Gasteiger partial charge in [0.15, 0.2) is 0 Å². The van der Waals surface area contributed by atoms with Gasteiger partial charge in [0.2, 0.25) is 6.23 Å². The summed E-state index contributed by atoms with van der Waals surface area (Å²) in [5.74, 6) is 0. The van der Waals surface area contributed by atoms with Crippen LogP contribution in [0.5, 0.6) is 0 Å². The summed E-state index contributed by atoms with van der Waals surface area (Å²) < 4.78 is 36.1. The predicted octanol–water partition coefficient (Wildman–Crippen LogP) is 1.65. The molecule has 0 spiro atoms. The van der Waals surface area contributed by atoms with Crippen LogP contribution in [0.25, 0.3) is 0 Å². The van der Waals surface area contributed by atoms with Crippen LogP contribution in [0, 0.1) is 0 Å². The monoisotopic (exact) mass is 215 g/mol. The van der Waals surface area contributed by atoms with E-state index in [-0.39, 0.29) is 4.90 Å². The average molecular weight is 215 g/mol. The minimum absolute atomic E-state index is 0.0486. The number of alkyl halides is 3. The first-order valence-corrected chi connectivity index (χ1v) is 3.75. The zero-order valence-corrected chi connectivity index (χ0v) is 7.96. The van der Waals surface area contributed by atoms with E-state index in [0.29, 0.717) is 0 Å². The van der Waals surface area contributed by atoms with Gasteiger partial charge in [-0.2, -0.15) is 13.2 Å². The zero-order valence-electron chi connectivity index (χ0n) is 7.96. The molecule has 0 aliphatic carbocycles. The first kappa shape index (κ1) is 13.0. The lowest BCUT2D eigenvalue weighted by molar-refractivity contribution is -0.253. The molecule has 0 saturated carbocycles. The van der Waals surface area contributed by atoms with Gasteiger partial charge in [0.25, 0.3) is 0 Å². The minimum atomic E-state index is -4.98. The summed E-state index contributed by atoms with van der Waals surface area (Å²) in [6.07, 6.45) is -9.80. The van der Waals surface area contributed by atoms with Gasteiger partial charge in [-0.05, 0) is 20.8 Å². The molecule has 0 aliphatic heterocycles. The number of hydrogen-bond acceptors (Lipinski definition) is 2. The molecule has 7 heteroatoms. The minimum Gasteiger partial charge on any atom is -0.465 e. The lowest BCUT2D eigenvalue weighted by Crippen LogP contribution is -2.56. The summed E-state index contributed by atoms with van der Waals surface area (Å²) in [5, 5.41) is 17.3.